The summed E-state index contributed by atoms with van der Waals surface area (Å²) in [4.78, 5) is 18.7. The van der Waals surface area contributed by atoms with Gasteiger partial charge in [-0.1, -0.05) is 64.7 Å². The number of nitrogens with zero attached hydrogens (tertiary/aromatic N) is 1. The van der Waals surface area contributed by atoms with Gasteiger partial charge in [0.1, 0.15) is 0 Å². The molecule has 0 unspecified atom stereocenters. The Bertz CT molecular complexity index is 234. The van der Waals surface area contributed by atoms with E-state index in [0.29, 0.717) is 0 Å². The summed E-state index contributed by atoms with van der Waals surface area (Å²) in [7, 11) is 0. The van der Waals surface area contributed by atoms with E-state index in [1.165, 1.54) is 57.8 Å². The molecule has 0 saturated carbocycles. The fourth-order valence-corrected chi connectivity index (χ4v) is 1.82. The average molecular weight is 291 g/mol. The van der Waals surface area contributed by atoms with E-state index in [1.54, 1.807) is 0 Å². The standard InChI is InChI=1S/C13H28N2O.HNO3/c1-2-3-4-5-6-7-8-9-10-11-12-15-13(14)16;2-1(3)4/h2-12H2,1H3,(H3,14,15,16);(H,2,3,4). The second-order valence-corrected chi connectivity index (χ2v) is 4.71. The van der Waals surface area contributed by atoms with Crippen LogP contribution < -0.4 is 11.1 Å². The van der Waals surface area contributed by atoms with E-state index in [0.717, 1.165) is 13.0 Å². The largest absolute Gasteiger partial charge is 0.352 e. The fourth-order valence-electron chi connectivity index (χ4n) is 1.82. The molecule has 0 aromatic heterocycles. The average Bonchev–Trinajstić information content (AvgIpc) is 2.35. The van der Waals surface area contributed by atoms with E-state index in [-0.39, 0.29) is 0 Å². The van der Waals surface area contributed by atoms with Crippen molar-refractivity contribution in [3.63, 3.8) is 0 Å². The molecule has 0 aliphatic heterocycles. The molecule has 0 rings (SSSR count). The zero-order valence-electron chi connectivity index (χ0n) is 12.5. The Hall–Kier alpha value is -1.53. The number of unbranched alkanes of at least 4 members (excludes halogenated alkanes) is 9. The number of nitrogens with two attached hydrogens (primary N) is 1. The highest BCUT2D eigenvalue weighted by Crippen LogP contribution is 2.10. The molecule has 0 aromatic carbocycles. The summed E-state index contributed by atoms with van der Waals surface area (Å²) in [6.45, 7) is 2.98. The molecule has 0 bridgehead atoms. The molecular weight excluding hydrogens is 262 g/mol. The fraction of sp³-hybridized carbons (Fsp3) is 0.923. The predicted molar refractivity (Wildman–Crippen MR) is 78.2 cm³/mol. The molecule has 0 aliphatic rings. The molecule has 0 radical (unpaired) electrons. The third-order valence-electron chi connectivity index (χ3n) is 2.83. The van der Waals surface area contributed by atoms with E-state index in [9.17, 15) is 4.79 Å². The maximum atomic E-state index is 10.4. The molecular formula is C13H29N3O4. The first-order chi connectivity index (χ1) is 9.50. The highest BCUT2D eigenvalue weighted by molar-refractivity contribution is 5.71. The Morgan fingerprint density at radius 3 is 1.75 bits per heavy atom. The lowest BCUT2D eigenvalue weighted by Gasteiger charge is -2.02. The van der Waals surface area contributed by atoms with Gasteiger partial charge in [-0.25, -0.2) is 4.79 Å². The molecule has 0 atom stereocenters. The molecule has 2 amide bonds. The molecule has 0 saturated heterocycles. The minimum atomic E-state index is -1.50. The molecule has 7 nitrogen and oxygen atoms in total. The first-order valence-corrected chi connectivity index (χ1v) is 7.37. The summed E-state index contributed by atoms with van der Waals surface area (Å²) in [5.74, 6) is 0. The Morgan fingerprint density at radius 2 is 1.40 bits per heavy atom. The summed E-state index contributed by atoms with van der Waals surface area (Å²) in [6.07, 6.45) is 13.2. The number of nitrogens with one attached hydrogen (secondary N) is 1. The highest BCUT2D eigenvalue weighted by Gasteiger charge is 1.93. The van der Waals surface area contributed by atoms with Crippen LogP contribution in [0.15, 0.2) is 0 Å². The van der Waals surface area contributed by atoms with Crippen molar-refractivity contribution in [2.45, 2.75) is 71.1 Å². The lowest BCUT2D eigenvalue weighted by Crippen LogP contribution is -2.29. The van der Waals surface area contributed by atoms with Crippen LogP contribution in [-0.4, -0.2) is 22.9 Å². The smallest absolute Gasteiger partial charge is 0.312 e. The van der Waals surface area contributed by atoms with Crippen LogP contribution in [-0.2, 0) is 0 Å². The molecule has 0 spiro atoms. The van der Waals surface area contributed by atoms with Crippen molar-refractivity contribution in [2.24, 2.45) is 5.73 Å². The van der Waals surface area contributed by atoms with Gasteiger partial charge in [0.25, 0.3) is 5.09 Å². The first kappa shape index (κ1) is 20.8. The van der Waals surface area contributed by atoms with Gasteiger partial charge in [-0.3, -0.25) is 0 Å². The Kier molecular flexibility index (Phi) is 18.2. The lowest BCUT2D eigenvalue weighted by atomic mass is 10.1. The number of rotatable bonds is 11. The minimum absolute atomic E-state index is 0.407. The Labute approximate surface area is 121 Å². The van der Waals surface area contributed by atoms with Crippen molar-refractivity contribution < 1.29 is 15.1 Å². The maximum absolute atomic E-state index is 10.4. The van der Waals surface area contributed by atoms with E-state index in [2.05, 4.69) is 12.2 Å². The van der Waals surface area contributed by atoms with Crippen LogP contribution >= 0.6 is 0 Å². The van der Waals surface area contributed by atoms with Crippen molar-refractivity contribution in [3.8, 4) is 0 Å². The van der Waals surface area contributed by atoms with Gasteiger partial charge < -0.3 is 16.3 Å². The minimum Gasteiger partial charge on any atom is -0.352 e. The number of primary amides is 1. The van der Waals surface area contributed by atoms with E-state index < -0.39 is 11.1 Å². The molecule has 20 heavy (non-hydrogen) atoms. The normalized spacial score (nSPS) is 9.45. The molecule has 0 aromatic rings. The predicted octanol–water partition coefficient (Wildman–Crippen LogP) is 3.23. The third kappa shape index (κ3) is 30.0. The quantitative estimate of drug-likeness (QED) is 0.307. The highest BCUT2D eigenvalue weighted by atomic mass is 16.9. The zero-order valence-corrected chi connectivity index (χ0v) is 12.5. The van der Waals surface area contributed by atoms with Gasteiger partial charge in [-0.15, -0.1) is 10.1 Å². The van der Waals surface area contributed by atoms with Crippen LogP contribution in [0.3, 0.4) is 0 Å². The van der Waals surface area contributed by atoms with Crippen LogP contribution in [0.4, 0.5) is 4.79 Å². The van der Waals surface area contributed by atoms with Crippen LogP contribution in [0.25, 0.3) is 0 Å². The zero-order chi connectivity index (χ0) is 15.6. The second kappa shape index (κ2) is 17.5. The topological polar surface area (TPSA) is 118 Å². The molecule has 120 valence electrons. The number of hydrogen-bond acceptors (Lipinski definition) is 3. The SMILES string of the molecule is CCCCCCCCCCCCNC(N)=O.O=[N+]([O-])O. The second-order valence-electron chi connectivity index (χ2n) is 4.71. The molecule has 0 aliphatic carbocycles. The van der Waals surface area contributed by atoms with Crippen molar-refractivity contribution in [2.75, 3.05) is 6.54 Å². The van der Waals surface area contributed by atoms with Crippen LogP contribution in [0.1, 0.15) is 71.1 Å². The van der Waals surface area contributed by atoms with Gasteiger partial charge in [-0.05, 0) is 6.42 Å². The van der Waals surface area contributed by atoms with Crippen molar-refractivity contribution in [3.05, 3.63) is 10.1 Å². The Balaban J connectivity index is 0. The van der Waals surface area contributed by atoms with Gasteiger partial charge in [0.15, 0.2) is 0 Å². The molecule has 7 heteroatoms. The lowest BCUT2D eigenvalue weighted by molar-refractivity contribution is -0.742. The van der Waals surface area contributed by atoms with E-state index in [4.69, 9.17) is 21.1 Å². The van der Waals surface area contributed by atoms with Gasteiger partial charge in [0.05, 0.1) is 0 Å². The van der Waals surface area contributed by atoms with Crippen molar-refractivity contribution in [1.82, 2.24) is 5.32 Å². The van der Waals surface area contributed by atoms with Crippen LogP contribution in [0.5, 0.6) is 0 Å². The summed E-state index contributed by atoms with van der Waals surface area (Å²) >= 11 is 0. The van der Waals surface area contributed by atoms with Crippen LogP contribution in [0.2, 0.25) is 0 Å². The van der Waals surface area contributed by atoms with Gasteiger partial charge in [0, 0.05) is 6.54 Å². The number of carbonyl (C=O) groups excluding carboxylic acids is 1. The monoisotopic (exact) mass is 291 g/mol. The number of urea groups is 1. The summed E-state index contributed by atoms with van der Waals surface area (Å²) < 4.78 is 0. The molecule has 0 heterocycles. The Morgan fingerprint density at radius 1 is 1.05 bits per heavy atom. The number of carbonyl (C=O) groups is 1. The maximum Gasteiger partial charge on any atom is 0.312 e. The van der Waals surface area contributed by atoms with Crippen LogP contribution in [0, 0.1) is 10.1 Å². The number of amides is 2. The molecule has 4 N–H and O–H groups in total. The van der Waals surface area contributed by atoms with Gasteiger partial charge in [-0.2, -0.15) is 0 Å². The van der Waals surface area contributed by atoms with E-state index in [1.807, 2.05) is 0 Å². The van der Waals surface area contributed by atoms with Crippen molar-refractivity contribution >= 4 is 6.03 Å². The third-order valence-corrected chi connectivity index (χ3v) is 2.83. The van der Waals surface area contributed by atoms with Gasteiger partial charge in [0.2, 0.25) is 0 Å². The first-order valence-electron chi connectivity index (χ1n) is 7.37. The summed E-state index contributed by atoms with van der Waals surface area (Å²) in [5, 5.41) is 16.2. The van der Waals surface area contributed by atoms with E-state index >= 15 is 0 Å². The number of hydrogen-bond donors (Lipinski definition) is 3. The summed E-state index contributed by atoms with van der Waals surface area (Å²) in [5.41, 5.74) is 4.96. The van der Waals surface area contributed by atoms with Gasteiger partial charge >= 0.3 is 6.03 Å². The van der Waals surface area contributed by atoms with Crippen molar-refractivity contribution in [1.29, 1.82) is 0 Å². The summed E-state index contributed by atoms with van der Waals surface area (Å²) in [6, 6.07) is -0.407. The molecule has 0 fully saturated rings.